The number of aromatic nitrogens is 2. The fraction of sp³-hybridized carbons (Fsp3) is 0.412. The smallest absolute Gasteiger partial charge is 0.224 e. The van der Waals surface area contributed by atoms with Gasteiger partial charge in [0.2, 0.25) is 5.95 Å². The molecular weight excluding hydrogens is 276 g/mol. The van der Waals surface area contributed by atoms with Gasteiger partial charge in [-0.3, -0.25) is 0 Å². The lowest BCUT2D eigenvalue weighted by Crippen LogP contribution is -2.49. The molecule has 0 radical (unpaired) electrons. The molecule has 0 aliphatic carbocycles. The Balaban J connectivity index is 1.91. The molecule has 1 aliphatic rings. The van der Waals surface area contributed by atoms with Crippen molar-refractivity contribution in [2.75, 3.05) is 23.4 Å². The van der Waals surface area contributed by atoms with Crippen LogP contribution in [-0.4, -0.2) is 33.8 Å². The molecule has 0 unspecified atom stereocenters. The molecule has 0 atom stereocenters. The monoisotopic (exact) mass is 298 g/mol. The van der Waals surface area contributed by atoms with Crippen molar-refractivity contribution < 1.29 is 5.11 Å². The number of fused-ring (bicyclic) bond motifs is 1. The van der Waals surface area contributed by atoms with E-state index in [4.69, 9.17) is 5.11 Å². The zero-order valence-corrected chi connectivity index (χ0v) is 13.1. The first-order valence-electron chi connectivity index (χ1n) is 7.62. The highest BCUT2D eigenvalue weighted by Gasteiger charge is 2.33. The van der Waals surface area contributed by atoms with Gasteiger partial charge in [0.05, 0.1) is 6.61 Å². The normalized spacial score (nSPS) is 16.2. The van der Waals surface area contributed by atoms with Gasteiger partial charge in [0.25, 0.3) is 0 Å². The van der Waals surface area contributed by atoms with Crippen LogP contribution in [0.2, 0.25) is 0 Å². The van der Waals surface area contributed by atoms with E-state index in [1.54, 1.807) is 6.20 Å². The summed E-state index contributed by atoms with van der Waals surface area (Å²) >= 11 is 0. The van der Waals surface area contributed by atoms with E-state index in [1.807, 2.05) is 6.07 Å². The van der Waals surface area contributed by atoms with Crippen LogP contribution in [0.1, 0.15) is 25.0 Å². The molecule has 5 nitrogen and oxygen atoms in total. The van der Waals surface area contributed by atoms with E-state index in [2.05, 4.69) is 58.3 Å². The van der Waals surface area contributed by atoms with E-state index in [9.17, 15) is 0 Å². The maximum atomic E-state index is 8.91. The minimum Gasteiger partial charge on any atom is -0.395 e. The van der Waals surface area contributed by atoms with Gasteiger partial charge in [-0.2, -0.15) is 4.98 Å². The van der Waals surface area contributed by atoms with Crippen LogP contribution >= 0.6 is 0 Å². The predicted molar refractivity (Wildman–Crippen MR) is 88.0 cm³/mol. The molecular formula is C17H22N4O. The summed E-state index contributed by atoms with van der Waals surface area (Å²) in [6.45, 7) is 5.85. The van der Waals surface area contributed by atoms with Gasteiger partial charge in [-0.05, 0) is 37.5 Å². The SMILES string of the molecule is CC1(C)Cc2ccccc2CN1c1ccnc(NCCO)n1. The van der Waals surface area contributed by atoms with Crippen LogP contribution in [0.25, 0.3) is 0 Å². The van der Waals surface area contributed by atoms with Crippen molar-refractivity contribution in [1.29, 1.82) is 0 Å². The minimum atomic E-state index is -0.00302. The maximum absolute atomic E-state index is 8.91. The number of rotatable bonds is 4. The zero-order chi connectivity index (χ0) is 15.6. The standard InChI is InChI=1S/C17H22N4O/c1-17(2)11-13-5-3-4-6-14(13)12-21(17)15-7-8-18-16(20-15)19-9-10-22/h3-8,22H,9-12H2,1-2H3,(H,18,19,20). The summed E-state index contributed by atoms with van der Waals surface area (Å²) in [5, 5.41) is 11.9. The lowest BCUT2D eigenvalue weighted by Gasteiger charge is -2.44. The van der Waals surface area contributed by atoms with E-state index in [1.165, 1.54) is 11.1 Å². The molecule has 0 amide bonds. The second kappa shape index (κ2) is 5.93. The van der Waals surface area contributed by atoms with Crippen LogP contribution in [0, 0.1) is 0 Å². The second-order valence-electron chi connectivity index (χ2n) is 6.23. The first kappa shape index (κ1) is 14.8. The average Bonchev–Trinajstić information content (AvgIpc) is 2.51. The molecule has 1 aromatic carbocycles. The summed E-state index contributed by atoms with van der Waals surface area (Å²) < 4.78 is 0. The second-order valence-corrected chi connectivity index (χ2v) is 6.23. The van der Waals surface area contributed by atoms with Crippen molar-refractivity contribution >= 4 is 11.8 Å². The van der Waals surface area contributed by atoms with E-state index in [0.717, 1.165) is 18.8 Å². The lowest BCUT2D eigenvalue weighted by molar-refractivity contribution is 0.310. The number of benzene rings is 1. The maximum Gasteiger partial charge on any atom is 0.224 e. The molecule has 116 valence electrons. The lowest BCUT2D eigenvalue weighted by atomic mass is 9.85. The quantitative estimate of drug-likeness (QED) is 0.906. The topological polar surface area (TPSA) is 61.3 Å². The van der Waals surface area contributed by atoms with Crippen molar-refractivity contribution in [2.45, 2.75) is 32.4 Å². The van der Waals surface area contributed by atoms with Crippen LogP contribution in [0.5, 0.6) is 0 Å². The van der Waals surface area contributed by atoms with Crippen LogP contribution in [0.15, 0.2) is 36.5 Å². The summed E-state index contributed by atoms with van der Waals surface area (Å²) in [6, 6.07) is 10.5. The summed E-state index contributed by atoms with van der Waals surface area (Å²) in [4.78, 5) is 11.1. The molecule has 0 bridgehead atoms. The molecule has 3 rings (SSSR count). The third kappa shape index (κ3) is 2.90. The number of hydrogen-bond donors (Lipinski definition) is 2. The van der Waals surface area contributed by atoms with Crippen LogP contribution in [0.3, 0.4) is 0 Å². The van der Waals surface area contributed by atoms with Gasteiger partial charge in [0.1, 0.15) is 5.82 Å². The van der Waals surface area contributed by atoms with Gasteiger partial charge < -0.3 is 15.3 Å². The number of aliphatic hydroxyl groups is 1. The molecule has 0 spiro atoms. The number of hydrogen-bond acceptors (Lipinski definition) is 5. The highest BCUT2D eigenvalue weighted by atomic mass is 16.3. The molecule has 1 aliphatic heterocycles. The largest absolute Gasteiger partial charge is 0.395 e. The van der Waals surface area contributed by atoms with Gasteiger partial charge in [-0.25, -0.2) is 4.98 Å². The number of aliphatic hydroxyl groups excluding tert-OH is 1. The Morgan fingerprint density at radius 3 is 2.77 bits per heavy atom. The Morgan fingerprint density at radius 2 is 2.00 bits per heavy atom. The van der Waals surface area contributed by atoms with Gasteiger partial charge in [0, 0.05) is 24.8 Å². The summed E-state index contributed by atoms with van der Waals surface area (Å²) in [6.07, 6.45) is 2.76. The average molecular weight is 298 g/mol. The van der Waals surface area contributed by atoms with Crippen molar-refractivity contribution in [1.82, 2.24) is 9.97 Å². The van der Waals surface area contributed by atoms with E-state index < -0.39 is 0 Å². The van der Waals surface area contributed by atoms with Crippen molar-refractivity contribution in [3.8, 4) is 0 Å². The van der Waals surface area contributed by atoms with Gasteiger partial charge in [-0.15, -0.1) is 0 Å². The van der Waals surface area contributed by atoms with Crippen LogP contribution < -0.4 is 10.2 Å². The fourth-order valence-electron chi connectivity index (χ4n) is 2.97. The fourth-order valence-corrected chi connectivity index (χ4v) is 2.97. The molecule has 5 heteroatoms. The van der Waals surface area contributed by atoms with Crippen molar-refractivity contribution in [3.05, 3.63) is 47.7 Å². The van der Waals surface area contributed by atoms with Crippen molar-refractivity contribution in [3.63, 3.8) is 0 Å². The highest BCUT2D eigenvalue weighted by Crippen LogP contribution is 2.33. The predicted octanol–water partition coefficient (Wildman–Crippen LogP) is 2.22. The molecule has 2 N–H and O–H groups in total. The molecule has 0 saturated carbocycles. The molecule has 1 aromatic heterocycles. The Kier molecular flexibility index (Phi) is 3.98. The Bertz CT molecular complexity index is 657. The van der Waals surface area contributed by atoms with E-state index in [0.29, 0.717) is 12.5 Å². The number of nitrogens with zero attached hydrogens (tertiary/aromatic N) is 3. The first-order valence-corrected chi connectivity index (χ1v) is 7.62. The zero-order valence-electron chi connectivity index (χ0n) is 13.1. The van der Waals surface area contributed by atoms with Crippen LogP contribution in [0.4, 0.5) is 11.8 Å². The van der Waals surface area contributed by atoms with E-state index in [-0.39, 0.29) is 12.1 Å². The molecule has 2 aromatic rings. The molecule has 2 heterocycles. The Hall–Kier alpha value is -2.14. The Morgan fingerprint density at radius 1 is 1.23 bits per heavy atom. The van der Waals surface area contributed by atoms with Crippen molar-refractivity contribution in [2.24, 2.45) is 0 Å². The molecule has 0 fully saturated rings. The molecule has 22 heavy (non-hydrogen) atoms. The van der Waals surface area contributed by atoms with Gasteiger partial charge in [0.15, 0.2) is 0 Å². The summed E-state index contributed by atoms with van der Waals surface area (Å²) in [7, 11) is 0. The van der Waals surface area contributed by atoms with Gasteiger partial charge >= 0.3 is 0 Å². The van der Waals surface area contributed by atoms with Crippen LogP contribution in [-0.2, 0) is 13.0 Å². The Labute approximate surface area is 131 Å². The number of anilines is 2. The van der Waals surface area contributed by atoms with E-state index >= 15 is 0 Å². The third-order valence-corrected chi connectivity index (χ3v) is 4.11. The van der Waals surface area contributed by atoms with Gasteiger partial charge in [-0.1, -0.05) is 24.3 Å². The number of nitrogens with one attached hydrogen (secondary N) is 1. The molecule has 0 saturated heterocycles. The highest BCUT2D eigenvalue weighted by molar-refractivity contribution is 5.49. The minimum absolute atomic E-state index is 0.00302. The summed E-state index contributed by atoms with van der Waals surface area (Å²) in [5.41, 5.74) is 2.76. The first-order chi connectivity index (χ1) is 10.6. The summed E-state index contributed by atoms with van der Waals surface area (Å²) in [5.74, 6) is 1.47. The third-order valence-electron chi connectivity index (χ3n) is 4.11.